The van der Waals surface area contributed by atoms with E-state index in [1.807, 2.05) is 44.2 Å². The summed E-state index contributed by atoms with van der Waals surface area (Å²) in [6.45, 7) is 5.90. The molecule has 26 heavy (non-hydrogen) atoms. The van der Waals surface area contributed by atoms with Crippen LogP contribution >= 0.6 is 0 Å². The van der Waals surface area contributed by atoms with Crippen LogP contribution in [0.4, 0.5) is 13.2 Å². The van der Waals surface area contributed by atoms with Crippen LogP contribution in [-0.2, 0) is 11.3 Å². The third kappa shape index (κ3) is 4.38. The number of likely N-dealkylation sites (tertiary alicyclic amines) is 1. The van der Waals surface area contributed by atoms with Gasteiger partial charge in [0.2, 0.25) is 5.91 Å². The minimum atomic E-state index is -4.37. The summed E-state index contributed by atoms with van der Waals surface area (Å²) in [6.07, 6.45) is -4.37. The molecule has 0 saturated carbocycles. The first-order chi connectivity index (χ1) is 12.2. The fourth-order valence-corrected chi connectivity index (χ4v) is 4.00. The van der Waals surface area contributed by atoms with Gasteiger partial charge in [-0.05, 0) is 19.4 Å². The van der Waals surface area contributed by atoms with Crippen molar-refractivity contribution in [1.82, 2.24) is 15.1 Å². The number of nitrogens with zero attached hydrogens (tertiary/aromatic N) is 2. The summed E-state index contributed by atoms with van der Waals surface area (Å²) in [5.41, 5.74) is 0.689. The van der Waals surface area contributed by atoms with Crippen molar-refractivity contribution >= 4 is 5.91 Å². The SMILES string of the molecule is CC1(C)CN(C(=O)[C@@H]2CN(Cc3ccccc3)C[C@H]2C(F)(F)F)CCN1. The van der Waals surface area contributed by atoms with E-state index in [1.165, 1.54) is 0 Å². The maximum absolute atomic E-state index is 13.6. The zero-order valence-electron chi connectivity index (χ0n) is 15.2. The zero-order valence-corrected chi connectivity index (χ0v) is 15.2. The standard InChI is InChI=1S/C19H26F3N3O/c1-18(2)13-25(9-8-23-18)17(26)15-11-24(12-16(15)19(20,21)22)10-14-6-4-3-5-7-14/h3-7,15-16,23H,8-13H2,1-2H3/t15-,16-/m1/s1. The van der Waals surface area contributed by atoms with Crippen LogP contribution in [0.15, 0.2) is 30.3 Å². The highest BCUT2D eigenvalue weighted by atomic mass is 19.4. The molecular weight excluding hydrogens is 343 g/mol. The molecule has 1 amide bonds. The summed E-state index contributed by atoms with van der Waals surface area (Å²) in [7, 11) is 0. The minimum absolute atomic E-state index is 0.121. The van der Waals surface area contributed by atoms with Crippen molar-refractivity contribution in [3.05, 3.63) is 35.9 Å². The molecule has 0 aromatic heterocycles. The van der Waals surface area contributed by atoms with Gasteiger partial charge in [0.25, 0.3) is 0 Å². The molecule has 2 fully saturated rings. The molecule has 2 aliphatic rings. The summed E-state index contributed by atoms with van der Waals surface area (Å²) in [6, 6.07) is 9.42. The molecule has 4 nitrogen and oxygen atoms in total. The Morgan fingerprint density at radius 3 is 2.54 bits per heavy atom. The monoisotopic (exact) mass is 369 g/mol. The molecule has 0 radical (unpaired) electrons. The molecule has 1 aromatic carbocycles. The number of carbonyl (C=O) groups is 1. The summed E-state index contributed by atoms with van der Waals surface area (Å²) in [4.78, 5) is 16.3. The number of hydrogen-bond acceptors (Lipinski definition) is 3. The summed E-state index contributed by atoms with van der Waals surface area (Å²) in [5, 5.41) is 3.29. The van der Waals surface area contributed by atoms with Gasteiger partial charge >= 0.3 is 6.18 Å². The second-order valence-electron chi connectivity index (χ2n) is 8.00. The van der Waals surface area contributed by atoms with E-state index >= 15 is 0 Å². The highest BCUT2D eigenvalue weighted by molar-refractivity contribution is 5.80. The quantitative estimate of drug-likeness (QED) is 0.889. The number of halogens is 3. The lowest BCUT2D eigenvalue weighted by Gasteiger charge is -2.40. The molecule has 7 heteroatoms. The molecule has 2 heterocycles. The van der Waals surface area contributed by atoms with E-state index in [-0.39, 0.29) is 24.5 Å². The highest BCUT2D eigenvalue weighted by Crippen LogP contribution is 2.39. The average molecular weight is 369 g/mol. The first-order valence-electron chi connectivity index (χ1n) is 9.02. The Labute approximate surface area is 152 Å². The van der Waals surface area contributed by atoms with Crippen LogP contribution in [0.25, 0.3) is 0 Å². The topological polar surface area (TPSA) is 35.6 Å². The third-order valence-electron chi connectivity index (χ3n) is 5.27. The van der Waals surface area contributed by atoms with Crippen molar-refractivity contribution in [3.8, 4) is 0 Å². The van der Waals surface area contributed by atoms with Crippen molar-refractivity contribution in [2.24, 2.45) is 11.8 Å². The Morgan fingerprint density at radius 2 is 1.92 bits per heavy atom. The third-order valence-corrected chi connectivity index (χ3v) is 5.27. The summed E-state index contributed by atoms with van der Waals surface area (Å²) >= 11 is 0. The second-order valence-corrected chi connectivity index (χ2v) is 8.00. The van der Waals surface area contributed by atoms with Gasteiger partial charge in [0.05, 0.1) is 11.8 Å². The molecule has 144 valence electrons. The predicted octanol–water partition coefficient (Wildman–Crippen LogP) is 2.51. The Kier molecular flexibility index (Phi) is 5.30. The number of alkyl halides is 3. The average Bonchev–Trinajstić information content (AvgIpc) is 2.98. The van der Waals surface area contributed by atoms with Crippen molar-refractivity contribution < 1.29 is 18.0 Å². The molecule has 2 aliphatic heterocycles. The van der Waals surface area contributed by atoms with Crippen molar-refractivity contribution in [3.63, 3.8) is 0 Å². The molecule has 1 aromatic rings. The first-order valence-corrected chi connectivity index (χ1v) is 9.02. The zero-order chi connectivity index (χ0) is 18.9. The van der Waals surface area contributed by atoms with Crippen LogP contribution < -0.4 is 5.32 Å². The number of piperazine rings is 1. The second kappa shape index (κ2) is 7.19. The fraction of sp³-hybridized carbons (Fsp3) is 0.632. The normalized spacial score (nSPS) is 26.9. The fourth-order valence-electron chi connectivity index (χ4n) is 4.00. The molecule has 1 N–H and O–H groups in total. The van der Waals surface area contributed by atoms with Gasteiger partial charge in [-0.2, -0.15) is 13.2 Å². The van der Waals surface area contributed by atoms with Gasteiger partial charge in [-0.3, -0.25) is 9.69 Å². The molecule has 0 unspecified atom stereocenters. The van der Waals surface area contributed by atoms with E-state index < -0.39 is 18.0 Å². The highest BCUT2D eigenvalue weighted by Gasteiger charge is 2.53. The van der Waals surface area contributed by atoms with E-state index in [9.17, 15) is 18.0 Å². The van der Waals surface area contributed by atoms with Gasteiger partial charge in [-0.25, -0.2) is 0 Å². The van der Waals surface area contributed by atoms with Gasteiger partial charge in [-0.1, -0.05) is 30.3 Å². The molecule has 0 spiro atoms. The van der Waals surface area contributed by atoms with E-state index in [4.69, 9.17) is 0 Å². The van der Waals surface area contributed by atoms with Crippen molar-refractivity contribution in [2.45, 2.75) is 32.1 Å². The van der Waals surface area contributed by atoms with Crippen LogP contribution in [0.1, 0.15) is 19.4 Å². The maximum atomic E-state index is 13.6. The first kappa shape index (κ1) is 19.2. The van der Waals surface area contributed by atoms with Gasteiger partial charge < -0.3 is 10.2 Å². The van der Waals surface area contributed by atoms with E-state index in [2.05, 4.69) is 5.32 Å². The minimum Gasteiger partial charge on any atom is -0.339 e. The lowest BCUT2D eigenvalue weighted by atomic mass is 9.92. The number of hydrogen-bond donors (Lipinski definition) is 1. The molecule has 3 rings (SSSR count). The van der Waals surface area contributed by atoms with Crippen LogP contribution in [0.5, 0.6) is 0 Å². The molecule has 0 aliphatic carbocycles. The molecule has 2 saturated heterocycles. The van der Waals surface area contributed by atoms with Gasteiger partial charge in [0, 0.05) is 44.8 Å². The van der Waals surface area contributed by atoms with E-state index in [0.29, 0.717) is 26.2 Å². The van der Waals surface area contributed by atoms with Crippen LogP contribution in [0, 0.1) is 11.8 Å². The van der Waals surface area contributed by atoms with Crippen molar-refractivity contribution in [2.75, 3.05) is 32.7 Å². The van der Waals surface area contributed by atoms with Crippen LogP contribution in [-0.4, -0.2) is 60.1 Å². The van der Waals surface area contributed by atoms with Gasteiger partial charge in [0.15, 0.2) is 0 Å². The Morgan fingerprint density at radius 1 is 1.23 bits per heavy atom. The summed E-state index contributed by atoms with van der Waals surface area (Å²) < 4.78 is 40.8. The van der Waals surface area contributed by atoms with Crippen LogP contribution in [0.3, 0.4) is 0 Å². The Hall–Kier alpha value is -1.60. The van der Waals surface area contributed by atoms with Gasteiger partial charge in [0.1, 0.15) is 0 Å². The number of amides is 1. The van der Waals surface area contributed by atoms with E-state index in [0.717, 1.165) is 5.56 Å². The number of nitrogens with one attached hydrogen (secondary N) is 1. The largest absolute Gasteiger partial charge is 0.393 e. The lowest BCUT2D eigenvalue weighted by Crippen LogP contribution is -2.60. The number of benzene rings is 1. The molecular formula is C19H26F3N3O. The molecule has 2 atom stereocenters. The van der Waals surface area contributed by atoms with E-state index in [1.54, 1.807) is 9.80 Å². The Bertz CT molecular complexity index is 633. The summed E-state index contributed by atoms with van der Waals surface area (Å²) in [5.74, 6) is -2.98. The Balaban J connectivity index is 1.74. The predicted molar refractivity (Wildman–Crippen MR) is 93.4 cm³/mol. The number of carbonyl (C=O) groups excluding carboxylic acids is 1. The van der Waals surface area contributed by atoms with Crippen molar-refractivity contribution in [1.29, 1.82) is 0 Å². The lowest BCUT2D eigenvalue weighted by molar-refractivity contribution is -0.186. The van der Waals surface area contributed by atoms with Gasteiger partial charge in [-0.15, -0.1) is 0 Å². The maximum Gasteiger partial charge on any atom is 0.393 e. The number of rotatable bonds is 3. The smallest absolute Gasteiger partial charge is 0.339 e. The molecule has 0 bridgehead atoms. The van der Waals surface area contributed by atoms with Crippen LogP contribution in [0.2, 0.25) is 0 Å².